The molecule has 1 aliphatic heterocycles. The number of nitrogens with zero attached hydrogens (tertiary/aromatic N) is 2. The van der Waals surface area contributed by atoms with Crippen LogP contribution in [0, 0.1) is 18.7 Å². The van der Waals surface area contributed by atoms with Crippen molar-refractivity contribution in [2.45, 2.75) is 64.0 Å². The maximum Gasteiger partial charge on any atom is 0.408 e. The van der Waals surface area contributed by atoms with Crippen LogP contribution in [0.25, 0.3) is 5.52 Å². The molecule has 3 heterocycles. The van der Waals surface area contributed by atoms with E-state index in [2.05, 4.69) is 5.32 Å². The van der Waals surface area contributed by atoms with Crippen LogP contribution in [0.4, 0.5) is 14.9 Å². The van der Waals surface area contributed by atoms with Gasteiger partial charge in [-0.15, -0.1) is 0 Å². The molecule has 176 valence electrons. The number of pyridine rings is 2. The predicted molar refractivity (Wildman–Crippen MR) is 120 cm³/mol. The Labute approximate surface area is 190 Å². The van der Waals surface area contributed by atoms with Crippen molar-refractivity contribution in [3.8, 4) is 0 Å². The fourth-order valence-corrected chi connectivity index (χ4v) is 5.24. The minimum Gasteiger partial charge on any atom is -0.477 e. The number of hydrogen-bond donors (Lipinski definition) is 2. The molecular formula is C24H28FN3O5. The van der Waals surface area contributed by atoms with Crippen molar-refractivity contribution in [1.82, 2.24) is 9.72 Å². The second-order valence-corrected chi connectivity index (χ2v) is 10.6. The molecular weight excluding hydrogens is 429 g/mol. The summed E-state index contributed by atoms with van der Waals surface area (Å²) in [4.78, 5) is 38.6. The first-order chi connectivity index (χ1) is 15.4. The summed E-state index contributed by atoms with van der Waals surface area (Å²) in [5.41, 5.74) is 0.240. The first-order valence-corrected chi connectivity index (χ1v) is 11.3. The Bertz CT molecular complexity index is 1260. The molecule has 0 spiro atoms. The number of anilines is 1. The van der Waals surface area contributed by atoms with Crippen molar-refractivity contribution in [1.29, 1.82) is 0 Å². The lowest BCUT2D eigenvalue weighted by Gasteiger charge is -2.27. The first-order valence-electron chi connectivity index (χ1n) is 11.3. The van der Waals surface area contributed by atoms with Gasteiger partial charge in [-0.2, -0.15) is 0 Å². The van der Waals surface area contributed by atoms with Crippen molar-refractivity contribution in [3.63, 3.8) is 0 Å². The fraction of sp³-hybridized carbons (Fsp3) is 0.542. The van der Waals surface area contributed by atoms with Crippen molar-refractivity contribution in [3.05, 3.63) is 45.1 Å². The van der Waals surface area contributed by atoms with Crippen molar-refractivity contribution in [2.75, 3.05) is 18.0 Å². The molecule has 2 aromatic heterocycles. The molecule has 33 heavy (non-hydrogen) atoms. The number of alkyl carbamates (subject to hydrolysis) is 1. The maximum atomic E-state index is 15.4. The zero-order chi connectivity index (χ0) is 23.9. The number of aromatic carboxylic acids is 1. The van der Waals surface area contributed by atoms with Crippen LogP contribution in [0.2, 0.25) is 0 Å². The number of fused-ring (bicyclic) bond motifs is 2. The van der Waals surface area contributed by atoms with Gasteiger partial charge in [0.25, 0.3) is 5.56 Å². The highest BCUT2D eigenvalue weighted by atomic mass is 19.1. The number of carbonyl (C=O) groups is 2. The standard InChI is InChI=1S/C24H28FN3O5/c1-12-18-15(13-5-6-13)7-16(21(30)31)20(29)28(18)10-17(25)19(12)27-9-14-8-24(14,11-27)26-22(32)33-23(2,3)4/h7,10,13-14H,5-6,8-9,11H2,1-4H3,(H,26,32)(H,30,31). The first kappa shape index (κ1) is 21.7. The lowest BCUT2D eigenvalue weighted by atomic mass is 10.0. The van der Waals surface area contributed by atoms with Crippen LogP contribution < -0.4 is 15.8 Å². The smallest absolute Gasteiger partial charge is 0.408 e. The van der Waals surface area contributed by atoms with Gasteiger partial charge in [0.2, 0.25) is 0 Å². The van der Waals surface area contributed by atoms with Gasteiger partial charge in [0.15, 0.2) is 5.82 Å². The summed E-state index contributed by atoms with van der Waals surface area (Å²) < 4.78 is 21.9. The number of aromatic nitrogens is 1. The summed E-state index contributed by atoms with van der Waals surface area (Å²) in [5.74, 6) is -1.53. The summed E-state index contributed by atoms with van der Waals surface area (Å²) in [7, 11) is 0. The molecule has 9 heteroatoms. The summed E-state index contributed by atoms with van der Waals surface area (Å²) in [6.07, 6.45) is 3.26. The third-order valence-electron chi connectivity index (χ3n) is 6.90. The Morgan fingerprint density at radius 3 is 2.61 bits per heavy atom. The van der Waals surface area contributed by atoms with Crippen LogP contribution in [0.3, 0.4) is 0 Å². The SMILES string of the molecule is Cc1c(N2CC3CC3(NC(=O)OC(C)(C)C)C2)c(F)cn2c(=O)c(C(=O)O)cc(C3CC3)c12. The van der Waals surface area contributed by atoms with Crippen molar-refractivity contribution in [2.24, 2.45) is 5.92 Å². The van der Waals surface area contributed by atoms with Gasteiger partial charge in [-0.1, -0.05) is 0 Å². The Balaban J connectivity index is 1.52. The number of carboxylic acid groups (broad SMARTS) is 1. The molecule has 8 nitrogen and oxygen atoms in total. The van der Waals surface area contributed by atoms with Gasteiger partial charge in [-0.3, -0.25) is 9.20 Å². The minimum atomic E-state index is -1.31. The third kappa shape index (κ3) is 3.63. The van der Waals surface area contributed by atoms with Crippen LogP contribution >= 0.6 is 0 Å². The third-order valence-corrected chi connectivity index (χ3v) is 6.90. The molecule has 2 atom stereocenters. The van der Waals surface area contributed by atoms with Crippen LogP contribution in [0.15, 0.2) is 17.1 Å². The molecule has 3 fully saturated rings. The molecule has 0 bridgehead atoms. The van der Waals surface area contributed by atoms with Crippen LogP contribution in [-0.2, 0) is 4.74 Å². The molecule has 2 N–H and O–H groups in total. The van der Waals surface area contributed by atoms with Crippen molar-refractivity contribution >= 4 is 23.3 Å². The molecule has 2 aliphatic carbocycles. The number of aryl methyl sites for hydroxylation is 1. The Kier molecular flexibility index (Phi) is 4.58. The average Bonchev–Trinajstić information content (AvgIpc) is 3.59. The summed E-state index contributed by atoms with van der Waals surface area (Å²) in [6.45, 7) is 8.22. The van der Waals surface area contributed by atoms with E-state index in [0.29, 0.717) is 29.9 Å². The molecule has 0 aromatic carbocycles. The topological polar surface area (TPSA) is 100 Å². The number of halogens is 1. The number of nitrogens with one attached hydrogen (secondary N) is 1. The number of amides is 1. The Morgan fingerprint density at radius 2 is 2.00 bits per heavy atom. The molecule has 2 saturated carbocycles. The van der Waals surface area contributed by atoms with Gasteiger partial charge in [0, 0.05) is 19.0 Å². The van der Waals surface area contributed by atoms with Crippen molar-refractivity contribution < 1.29 is 23.8 Å². The van der Waals surface area contributed by atoms with E-state index >= 15 is 4.39 Å². The second-order valence-electron chi connectivity index (χ2n) is 10.6. The van der Waals surface area contributed by atoms with E-state index in [4.69, 9.17) is 4.74 Å². The Morgan fingerprint density at radius 1 is 1.30 bits per heavy atom. The number of carbonyl (C=O) groups excluding carboxylic acids is 1. The summed E-state index contributed by atoms with van der Waals surface area (Å²) in [5, 5.41) is 12.4. The van der Waals surface area contributed by atoms with E-state index < -0.39 is 34.6 Å². The minimum absolute atomic E-state index is 0.169. The molecule has 1 amide bonds. The van der Waals surface area contributed by atoms with Gasteiger partial charge in [-0.05, 0) is 70.1 Å². The predicted octanol–water partition coefficient (Wildman–Crippen LogP) is 3.43. The van der Waals surface area contributed by atoms with Gasteiger partial charge in [0.1, 0.15) is 11.2 Å². The van der Waals surface area contributed by atoms with E-state index in [9.17, 15) is 19.5 Å². The van der Waals surface area contributed by atoms with E-state index in [-0.39, 0.29) is 17.4 Å². The lowest BCUT2D eigenvalue weighted by Crippen LogP contribution is -2.44. The molecule has 2 aromatic rings. The van der Waals surface area contributed by atoms with Gasteiger partial charge in [0.05, 0.1) is 22.9 Å². The summed E-state index contributed by atoms with van der Waals surface area (Å²) in [6, 6.07) is 1.46. The highest BCUT2D eigenvalue weighted by molar-refractivity contribution is 5.89. The second kappa shape index (κ2) is 6.95. The normalized spacial score (nSPS) is 24.0. The van der Waals surface area contributed by atoms with Crippen LogP contribution in [-0.4, -0.2) is 45.8 Å². The number of piperidine rings is 1. The van der Waals surface area contributed by atoms with Crippen LogP contribution in [0.1, 0.15) is 67.4 Å². The van der Waals surface area contributed by atoms with Gasteiger partial charge < -0.3 is 20.1 Å². The molecule has 2 unspecified atom stereocenters. The van der Waals surface area contributed by atoms with E-state index in [1.165, 1.54) is 6.07 Å². The summed E-state index contributed by atoms with van der Waals surface area (Å²) >= 11 is 0. The van der Waals surface area contributed by atoms with Gasteiger partial charge in [-0.25, -0.2) is 14.0 Å². The fourth-order valence-electron chi connectivity index (χ4n) is 5.24. The highest BCUT2D eigenvalue weighted by Crippen LogP contribution is 2.52. The lowest BCUT2D eigenvalue weighted by molar-refractivity contribution is 0.0497. The zero-order valence-electron chi connectivity index (χ0n) is 19.2. The van der Waals surface area contributed by atoms with Crippen LogP contribution in [0.5, 0.6) is 0 Å². The Hall–Kier alpha value is -3.10. The quantitative estimate of drug-likeness (QED) is 0.730. The molecule has 5 rings (SSSR count). The highest BCUT2D eigenvalue weighted by Gasteiger charge is 2.62. The number of rotatable bonds is 4. The van der Waals surface area contributed by atoms with Gasteiger partial charge >= 0.3 is 12.1 Å². The zero-order valence-corrected chi connectivity index (χ0v) is 19.2. The molecule has 3 aliphatic rings. The maximum absolute atomic E-state index is 15.4. The molecule has 1 saturated heterocycles. The number of carboxylic acids is 1. The van der Waals surface area contributed by atoms with E-state index in [0.717, 1.165) is 35.4 Å². The van der Waals surface area contributed by atoms with E-state index in [1.54, 1.807) is 27.7 Å². The number of ether oxygens (including phenoxy) is 1. The monoisotopic (exact) mass is 457 g/mol. The number of hydrogen-bond acceptors (Lipinski definition) is 5. The largest absolute Gasteiger partial charge is 0.477 e. The molecule has 0 radical (unpaired) electrons. The van der Waals surface area contributed by atoms with E-state index in [1.807, 2.05) is 4.90 Å². The average molecular weight is 458 g/mol.